The Hall–Kier alpha value is -3.81. The highest BCUT2D eigenvalue weighted by molar-refractivity contribution is 6.30. The molecule has 146 valence electrons. The van der Waals surface area contributed by atoms with Crippen molar-refractivity contribution >= 4 is 39.4 Å². The van der Waals surface area contributed by atoms with Crippen LogP contribution in [0.15, 0.2) is 77.6 Å². The summed E-state index contributed by atoms with van der Waals surface area (Å²) in [5.41, 5.74) is 4.25. The van der Waals surface area contributed by atoms with E-state index < -0.39 is 0 Å². The highest BCUT2D eigenvalue weighted by Gasteiger charge is 2.18. The largest absolute Gasteiger partial charge is 0.292 e. The predicted octanol–water partition coefficient (Wildman–Crippen LogP) is 3.93. The molecule has 2 aromatic heterocycles. The molecular formula is C22H15ClN6O. The van der Waals surface area contributed by atoms with Gasteiger partial charge >= 0.3 is 0 Å². The Balaban J connectivity index is 1.99. The summed E-state index contributed by atoms with van der Waals surface area (Å²) < 4.78 is 1.84. The minimum Gasteiger partial charge on any atom is -0.292 e. The lowest BCUT2D eigenvalue weighted by Crippen LogP contribution is -2.18. The third kappa shape index (κ3) is 2.97. The second-order valence-corrected chi connectivity index (χ2v) is 7.07. The first kappa shape index (κ1) is 18.2. The number of aromatic nitrogens is 4. The van der Waals surface area contributed by atoms with E-state index in [4.69, 9.17) is 17.4 Å². The van der Waals surface area contributed by atoms with E-state index in [-0.39, 0.29) is 11.5 Å². The molecule has 0 aliphatic heterocycles. The van der Waals surface area contributed by atoms with E-state index in [1.807, 2.05) is 53.1 Å². The molecule has 30 heavy (non-hydrogen) atoms. The Morgan fingerprint density at radius 1 is 0.867 bits per heavy atom. The van der Waals surface area contributed by atoms with Crippen molar-refractivity contribution in [1.82, 2.24) is 19.5 Å². The van der Waals surface area contributed by atoms with Gasteiger partial charge in [-0.3, -0.25) is 14.8 Å². The van der Waals surface area contributed by atoms with Crippen LogP contribution in [0.25, 0.3) is 39.0 Å². The number of hydrazine groups is 1. The minimum absolute atomic E-state index is 0.253. The fraction of sp³-hybridized carbons (Fsp3) is 0. The van der Waals surface area contributed by atoms with E-state index >= 15 is 0 Å². The summed E-state index contributed by atoms with van der Waals surface area (Å²) in [5, 5.41) is 1.81. The number of para-hydroxylation sites is 2. The molecule has 0 radical (unpaired) electrons. The van der Waals surface area contributed by atoms with Crippen LogP contribution in [0.4, 0.5) is 5.95 Å². The SMILES string of the molecule is NNc1nc(-n2c(-c3cccc(Cl)c3)nc(=O)c3ccccc32)c2ccccc2n1. The zero-order valence-electron chi connectivity index (χ0n) is 15.6. The van der Waals surface area contributed by atoms with Crippen LogP contribution in [-0.4, -0.2) is 19.5 Å². The predicted molar refractivity (Wildman–Crippen MR) is 119 cm³/mol. The number of fused-ring (bicyclic) bond motifs is 2. The Morgan fingerprint density at radius 3 is 2.43 bits per heavy atom. The molecule has 0 unspecified atom stereocenters. The Kier molecular flexibility index (Phi) is 4.39. The summed E-state index contributed by atoms with van der Waals surface area (Å²) in [6.45, 7) is 0. The second-order valence-electron chi connectivity index (χ2n) is 6.64. The molecule has 0 amide bonds. The molecule has 3 N–H and O–H groups in total. The number of rotatable bonds is 3. The van der Waals surface area contributed by atoms with Gasteiger partial charge in [-0.2, -0.15) is 9.97 Å². The number of nitrogens with one attached hydrogen (secondary N) is 1. The summed E-state index contributed by atoms with van der Waals surface area (Å²) in [5.74, 6) is 6.85. The number of anilines is 1. The Bertz CT molecular complexity index is 1480. The van der Waals surface area contributed by atoms with E-state index in [0.717, 1.165) is 5.39 Å². The summed E-state index contributed by atoms with van der Waals surface area (Å²) in [7, 11) is 0. The van der Waals surface area contributed by atoms with Crippen LogP contribution in [-0.2, 0) is 0 Å². The zero-order chi connectivity index (χ0) is 20.7. The van der Waals surface area contributed by atoms with E-state index in [9.17, 15) is 4.79 Å². The molecule has 3 aromatic carbocycles. The molecule has 0 bridgehead atoms. The van der Waals surface area contributed by atoms with Crippen LogP contribution in [0, 0.1) is 0 Å². The quantitative estimate of drug-likeness (QED) is 0.343. The first-order chi connectivity index (χ1) is 14.7. The summed E-state index contributed by atoms with van der Waals surface area (Å²) in [6, 6.07) is 22.1. The normalized spacial score (nSPS) is 11.1. The van der Waals surface area contributed by atoms with Crippen molar-refractivity contribution in [1.29, 1.82) is 0 Å². The number of nitrogens with two attached hydrogens (primary N) is 1. The monoisotopic (exact) mass is 414 g/mol. The summed E-state index contributed by atoms with van der Waals surface area (Å²) in [4.78, 5) is 26.2. The van der Waals surface area contributed by atoms with Gasteiger partial charge in [-0.1, -0.05) is 48.0 Å². The molecule has 8 heteroatoms. The van der Waals surface area contributed by atoms with E-state index in [0.29, 0.717) is 38.6 Å². The van der Waals surface area contributed by atoms with Crippen molar-refractivity contribution in [2.24, 2.45) is 5.84 Å². The van der Waals surface area contributed by atoms with E-state index in [2.05, 4.69) is 20.4 Å². The second kappa shape index (κ2) is 7.22. The van der Waals surface area contributed by atoms with Gasteiger partial charge in [0, 0.05) is 16.0 Å². The number of nitrogen functional groups attached to an aromatic ring is 1. The number of halogens is 1. The smallest absolute Gasteiger partial charge is 0.281 e. The summed E-state index contributed by atoms with van der Waals surface area (Å²) in [6.07, 6.45) is 0. The molecule has 0 fully saturated rings. The number of nitrogens with zero attached hydrogens (tertiary/aromatic N) is 4. The molecule has 5 aromatic rings. The topological polar surface area (TPSA) is 98.7 Å². The van der Waals surface area contributed by atoms with Crippen LogP contribution in [0.3, 0.4) is 0 Å². The fourth-order valence-electron chi connectivity index (χ4n) is 3.50. The lowest BCUT2D eigenvalue weighted by Gasteiger charge is -2.17. The molecule has 0 saturated carbocycles. The van der Waals surface area contributed by atoms with Gasteiger partial charge < -0.3 is 0 Å². The molecule has 0 spiro atoms. The zero-order valence-corrected chi connectivity index (χ0v) is 16.3. The third-order valence-electron chi connectivity index (χ3n) is 4.80. The van der Waals surface area contributed by atoms with Gasteiger partial charge in [-0.25, -0.2) is 10.8 Å². The molecule has 7 nitrogen and oxygen atoms in total. The summed E-state index contributed by atoms with van der Waals surface area (Å²) >= 11 is 6.23. The van der Waals surface area contributed by atoms with Gasteiger partial charge in [0.15, 0.2) is 5.82 Å². The highest BCUT2D eigenvalue weighted by atomic mass is 35.5. The van der Waals surface area contributed by atoms with Gasteiger partial charge in [0.2, 0.25) is 5.95 Å². The molecular weight excluding hydrogens is 400 g/mol. The average Bonchev–Trinajstić information content (AvgIpc) is 2.78. The maximum absolute atomic E-state index is 12.8. The van der Waals surface area contributed by atoms with Crippen LogP contribution in [0.5, 0.6) is 0 Å². The van der Waals surface area contributed by atoms with Crippen molar-refractivity contribution < 1.29 is 0 Å². The van der Waals surface area contributed by atoms with E-state index in [1.165, 1.54) is 0 Å². The number of hydrogen-bond donors (Lipinski definition) is 2. The third-order valence-corrected chi connectivity index (χ3v) is 5.04. The highest BCUT2D eigenvalue weighted by Crippen LogP contribution is 2.29. The lowest BCUT2D eigenvalue weighted by molar-refractivity contribution is 0.980. The molecule has 2 heterocycles. The van der Waals surface area contributed by atoms with Crippen molar-refractivity contribution in [2.75, 3.05) is 5.43 Å². The van der Waals surface area contributed by atoms with E-state index in [1.54, 1.807) is 24.3 Å². The van der Waals surface area contributed by atoms with Crippen molar-refractivity contribution in [3.63, 3.8) is 0 Å². The minimum atomic E-state index is -0.327. The maximum atomic E-state index is 12.8. The fourth-order valence-corrected chi connectivity index (χ4v) is 3.69. The molecule has 0 atom stereocenters. The van der Waals surface area contributed by atoms with Crippen molar-refractivity contribution in [3.8, 4) is 17.2 Å². The number of hydrogen-bond acceptors (Lipinski definition) is 6. The molecule has 5 rings (SSSR count). The molecule has 0 aliphatic carbocycles. The van der Waals surface area contributed by atoms with Gasteiger partial charge in [-0.15, -0.1) is 0 Å². The van der Waals surface area contributed by atoms with Gasteiger partial charge in [0.25, 0.3) is 5.56 Å². The standard InChI is InChI=1S/C22H15ClN6O/c23-14-7-5-6-13(12-14)19-26-21(30)16-9-2-4-11-18(16)29(19)20-15-8-1-3-10-17(15)25-22(27-20)28-24/h1-12H,24H2,(H,25,27,28). The molecule has 0 saturated heterocycles. The van der Waals surface area contributed by atoms with Crippen molar-refractivity contribution in [3.05, 3.63) is 88.2 Å². The molecule has 0 aliphatic rings. The maximum Gasteiger partial charge on any atom is 0.281 e. The first-order valence-electron chi connectivity index (χ1n) is 9.17. The van der Waals surface area contributed by atoms with Crippen LogP contribution in [0.1, 0.15) is 0 Å². The lowest BCUT2D eigenvalue weighted by atomic mass is 10.1. The van der Waals surface area contributed by atoms with Crippen LogP contribution in [0.2, 0.25) is 5.02 Å². The Labute approximate surface area is 175 Å². The van der Waals surface area contributed by atoms with Crippen molar-refractivity contribution in [2.45, 2.75) is 0 Å². The van der Waals surface area contributed by atoms with Crippen LogP contribution >= 0.6 is 11.6 Å². The van der Waals surface area contributed by atoms with Gasteiger partial charge in [0.1, 0.15) is 5.82 Å². The Morgan fingerprint density at radius 2 is 1.63 bits per heavy atom. The van der Waals surface area contributed by atoms with Gasteiger partial charge in [-0.05, 0) is 36.4 Å². The first-order valence-corrected chi connectivity index (χ1v) is 9.55. The number of benzene rings is 3. The average molecular weight is 415 g/mol. The van der Waals surface area contributed by atoms with Gasteiger partial charge in [0.05, 0.1) is 16.4 Å². The van der Waals surface area contributed by atoms with Crippen LogP contribution < -0.4 is 16.8 Å².